The second kappa shape index (κ2) is 13.1. The number of alkyl halides is 1. The molecular formula is C31H40FN6O6PS. The molecule has 4 aromatic rings. The van der Waals surface area contributed by atoms with Crippen LogP contribution in [0.2, 0.25) is 0 Å². The lowest BCUT2D eigenvalue weighted by molar-refractivity contribution is -0.148. The van der Waals surface area contributed by atoms with Crippen molar-refractivity contribution in [3.05, 3.63) is 54.6 Å². The van der Waals surface area contributed by atoms with Crippen LogP contribution in [0.15, 0.2) is 48.8 Å². The van der Waals surface area contributed by atoms with Gasteiger partial charge in [0.1, 0.15) is 29.8 Å². The number of fused-ring (bicyclic) bond motifs is 2. The number of rotatable bonds is 11. The van der Waals surface area contributed by atoms with E-state index in [1.165, 1.54) is 17.8 Å². The Morgan fingerprint density at radius 3 is 2.67 bits per heavy atom. The summed E-state index contributed by atoms with van der Waals surface area (Å²) in [5.41, 5.74) is -1.74. The molecule has 46 heavy (non-hydrogen) atoms. The number of halogens is 1. The molecule has 0 saturated carbocycles. The molecule has 1 aliphatic rings. The minimum atomic E-state index is -3.56. The summed E-state index contributed by atoms with van der Waals surface area (Å²) in [6, 6.07) is 12.2. The van der Waals surface area contributed by atoms with Crippen LogP contribution in [0.3, 0.4) is 0 Å². The molecule has 1 aliphatic heterocycles. The van der Waals surface area contributed by atoms with Crippen molar-refractivity contribution in [2.24, 2.45) is 5.41 Å². The predicted octanol–water partition coefficient (Wildman–Crippen LogP) is 5.20. The monoisotopic (exact) mass is 674 g/mol. The first-order chi connectivity index (χ1) is 21.6. The lowest BCUT2D eigenvalue weighted by atomic mass is 9.98. The normalized spacial score (nSPS) is 23.7. The fourth-order valence-corrected chi connectivity index (χ4v) is 7.51. The molecule has 0 amide bonds. The number of ether oxygens (including phenoxy) is 2. The number of hydrogen-bond donors (Lipinski definition) is 3. The van der Waals surface area contributed by atoms with Crippen LogP contribution in [-0.4, -0.2) is 74.8 Å². The Morgan fingerprint density at radius 2 is 1.96 bits per heavy atom. The molecule has 2 aromatic carbocycles. The van der Waals surface area contributed by atoms with Crippen LogP contribution in [0.1, 0.15) is 46.7 Å². The van der Waals surface area contributed by atoms with Gasteiger partial charge < -0.3 is 28.9 Å². The number of nitrogens with one attached hydrogen (secondary N) is 2. The van der Waals surface area contributed by atoms with Gasteiger partial charge in [-0.15, -0.1) is 0 Å². The average Bonchev–Trinajstić information content (AvgIpc) is 3.51. The van der Waals surface area contributed by atoms with Gasteiger partial charge in [-0.3, -0.25) is 9.36 Å². The maximum Gasteiger partial charge on any atom is 0.323 e. The molecule has 6 atom stereocenters. The highest BCUT2D eigenvalue weighted by atomic mass is 32.5. The van der Waals surface area contributed by atoms with Gasteiger partial charge in [-0.2, -0.15) is 0 Å². The van der Waals surface area contributed by atoms with E-state index in [-0.39, 0.29) is 18.6 Å². The van der Waals surface area contributed by atoms with Crippen molar-refractivity contribution in [2.75, 3.05) is 25.6 Å². The van der Waals surface area contributed by atoms with E-state index < -0.39 is 42.8 Å². The van der Waals surface area contributed by atoms with Crippen molar-refractivity contribution >= 4 is 52.2 Å². The summed E-state index contributed by atoms with van der Waals surface area (Å²) in [5.74, 6) is 0.830. The highest BCUT2D eigenvalue weighted by Crippen LogP contribution is 2.49. The van der Waals surface area contributed by atoms with E-state index in [9.17, 15) is 9.90 Å². The number of nitrogens with zero attached hydrogens (tertiary/aromatic N) is 4. The number of aryl methyl sites for hydroxylation is 1. The summed E-state index contributed by atoms with van der Waals surface area (Å²) in [7, 11) is 1.70. The molecule has 3 N–H and O–H groups in total. The Labute approximate surface area is 272 Å². The van der Waals surface area contributed by atoms with E-state index in [4.69, 9.17) is 30.3 Å². The van der Waals surface area contributed by atoms with Crippen LogP contribution in [0, 0.1) is 12.3 Å². The zero-order valence-electron chi connectivity index (χ0n) is 26.9. The van der Waals surface area contributed by atoms with Gasteiger partial charge in [0.05, 0.1) is 19.5 Å². The van der Waals surface area contributed by atoms with Gasteiger partial charge in [0.2, 0.25) is 0 Å². The largest absolute Gasteiger partial charge is 0.464 e. The second-order valence-corrected chi connectivity index (χ2v) is 15.8. The summed E-state index contributed by atoms with van der Waals surface area (Å²) in [6.07, 6.45) is -2.67. The van der Waals surface area contributed by atoms with Gasteiger partial charge >= 0.3 is 12.6 Å². The molecule has 248 valence electrons. The van der Waals surface area contributed by atoms with Crippen LogP contribution < -0.4 is 14.9 Å². The fourth-order valence-electron chi connectivity index (χ4n) is 5.09. The maximum absolute atomic E-state index is 16.3. The molecule has 0 radical (unpaired) electrons. The summed E-state index contributed by atoms with van der Waals surface area (Å²) < 4.78 is 41.8. The molecule has 1 fully saturated rings. The summed E-state index contributed by atoms with van der Waals surface area (Å²) in [5, 5.41) is 18.8. The quantitative estimate of drug-likeness (QED) is 0.142. The van der Waals surface area contributed by atoms with Gasteiger partial charge in [-0.05, 0) is 49.4 Å². The lowest BCUT2D eigenvalue weighted by Gasteiger charge is -2.29. The summed E-state index contributed by atoms with van der Waals surface area (Å²) in [6.45, 7) is 6.71. The first-order valence-electron chi connectivity index (χ1n) is 14.9. The number of carbonyl (C=O) groups excluding carboxylic acids is 1. The highest BCUT2D eigenvalue weighted by Gasteiger charge is 2.56. The molecule has 0 unspecified atom stereocenters. The van der Waals surface area contributed by atoms with Crippen molar-refractivity contribution in [3.8, 4) is 5.75 Å². The Morgan fingerprint density at radius 1 is 1.24 bits per heavy atom. The first-order valence-corrected chi connectivity index (χ1v) is 17.5. The van der Waals surface area contributed by atoms with Gasteiger partial charge in [0.15, 0.2) is 28.9 Å². The van der Waals surface area contributed by atoms with E-state index in [2.05, 4.69) is 25.4 Å². The molecule has 1 saturated heterocycles. The van der Waals surface area contributed by atoms with Crippen LogP contribution >= 0.6 is 6.64 Å². The minimum absolute atomic E-state index is 0.202. The third kappa shape index (κ3) is 7.17. The van der Waals surface area contributed by atoms with E-state index in [0.717, 1.165) is 10.8 Å². The SMILES string of the molecule is CNc1nc(C)nc2c1ncn2[C@@H]1O[C@H](CO[P@](=S)(N[C@@H](C)C(=O)OCC(C)(C)C)Oc2cccc3ccccc23)[C@@H](O)[C@@]1(C)F. The third-order valence-corrected chi connectivity index (χ3v) is 9.96. The smallest absolute Gasteiger partial charge is 0.323 e. The van der Waals surface area contributed by atoms with E-state index in [1.807, 2.05) is 57.2 Å². The van der Waals surface area contributed by atoms with E-state index in [1.54, 1.807) is 27.0 Å². The van der Waals surface area contributed by atoms with Crippen LogP contribution in [-0.2, 0) is 30.6 Å². The molecule has 2 aromatic heterocycles. The number of hydrogen-bond acceptors (Lipinski definition) is 11. The molecule has 0 bridgehead atoms. The Kier molecular flexibility index (Phi) is 9.70. The predicted molar refractivity (Wildman–Crippen MR) is 177 cm³/mol. The number of benzene rings is 2. The number of esters is 1. The Bertz CT molecular complexity index is 1780. The van der Waals surface area contributed by atoms with E-state index >= 15 is 4.39 Å². The number of aromatic nitrogens is 4. The van der Waals surface area contributed by atoms with Crippen LogP contribution in [0.5, 0.6) is 5.75 Å². The first kappa shape index (κ1) is 34.1. The lowest BCUT2D eigenvalue weighted by Crippen LogP contribution is -2.41. The van der Waals surface area contributed by atoms with Crippen molar-refractivity contribution in [1.29, 1.82) is 0 Å². The van der Waals surface area contributed by atoms with Crippen molar-refractivity contribution in [1.82, 2.24) is 24.6 Å². The molecule has 15 heteroatoms. The standard InChI is InChI=1S/C31H40FN6O6PS/c1-18(28(40)41-16-30(3,4)5)37-45(46,44-22-14-10-12-20-11-8-9-13-21(20)22)42-15-23-25(39)31(6,32)29(43-23)38-17-34-24-26(33-7)35-19(2)36-27(24)38/h8-14,17-18,23,25,29,39H,15-16H2,1-7H3,(H,37,46)(H,33,35,36)/t18-,23+,25+,29+,31+,45+/m0/s1. The van der Waals surface area contributed by atoms with Gasteiger partial charge in [0.25, 0.3) is 0 Å². The molecule has 0 aliphatic carbocycles. The molecule has 5 rings (SSSR count). The van der Waals surface area contributed by atoms with Crippen molar-refractivity contribution in [3.63, 3.8) is 0 Å². The topological polar surface area (TPSA) is 142 Å². The number of imidazole rings is 1. The van der Waals surface area contributed by atoms with E-state index in [0.29, 0.717) is 28.6 Å². The zero-order valence-corrected chi connectivity index (χ0v) is 28.6. The minimum Gasteiger partial charge on any atom is -0.464 e. The second-order valence-electron chi connectivity index (χ2n) is 12.7. The zero-order chi connectivity index (χ0) is 33.4. The fraction of sp³-hybridized carbons (Fsp3) is 0.484. The number of anilines is 1. The van der Waals surface area contributed by atoms with Crippen molar-refractivity contribution in [2.45, 2.75) is 71.7 Å². The van der Waals surface area contributed by atoms with Gasteiger partial charge in [0, 0.05) is 12.4 Å². The molecule has 12 nitrogen and oxygen atoms in total. The molecule has 3 heterocycles. The van der Waals surface area contributed by atoms with Gasteiger partial charge in [-0.1, -0.05) is 57.2 Å². The Balaban J connectivity index is 1.40. The summed E-state index contributed by atoms with van der Waals surface area (Å²) >= 11 is 5.92. The van der Waals surface area contributed by atoms with Crippen LogP contribution in [0.25, 0.3) is 21.9 Å². The Hall–Kier alpha value is -3.26. The number of aliphatic hydroxyl groups is 1. The highest BCUT2D eigenvalue weighted by molar-refractivity contribution is 8.09. The van der Waals surface area contributed by atoms with Crippen molar-refractivity contribution < 1.29 is 32.8 Å². The number of carbonyl (C=O) groups is 1. The van der Waals surface area contributed by atoms with Crippen LogP contribution in [0.4, 0.5) is 10.2 Å². The molecule has 0 spiro atoms. The molecular weight excluding hydrogens is 634 g/mol. The average molecular weight is 675 g/mol. The summed E-state index contributed by atoms with van der Waals surface area (Å²) in [4.78, 5) is 26.1. The van der Waals surface area contributed by atoms with Gasteiger partial charge in [-0.25, -0.2) is 24.4 Å². The maximum atomic E-state index is 16.3. The third-order valence-electron chi connectivity index (χ3n) is 7.47. The number of aliphatic hydroxyl groups excluding tert-OH is 1.